The first-order chi connectivity index (χ1) is 12.5. The van der Waals surface area contributed by atoms with E-state index in [0.29, 0.717) is 26.2 Å². The van der Waals surface area contributed by atoms with E-state index in [9.17, 15) is 19.3 Å². The second-order valence-corrected chi connectivity index (χ2v) is 6.07. The van der Waals surface area contributed by atoms with Crippen molar-refractivity contribution in [3.8, 4) is 0 Å². The summed E-state index contributed by atoms with van der Waals surface area (Å²) >= 11 is 0. The van der Waals surface area contributed by atoms with E-state index in [1.54, 1.807) is 12.4 Å². The molecule has 0 saturated carbocycles. The lowest BCUT2D eigenvalue weighted by atomic mass is 10.1. The Morgan fingerprint density at radius 1 is 1.23 bits per heavy atom. The zero-order valence-corrected chi connectivity index (χ0v) is 14.0. The van der Waals surface area contributed by atoms with Gasteiger partial charge in [-0.25, -0.2) is 4.39 Å². The van der Waals surface area contributed by atoms with Crippen LogP contribution in [0.3, 0.4) is 0 Å². The fraction of sp³-hybridized carbons (Fsp3) is 0.294. The van der Waals surface area contributed by atoms with Crippen LogP contribution >= 0.6 is 0 Å². The first-order valence-corrected chi connectivity index (χ1v) is 8.09. The number of carbonyl (C=O) groups excluding carboxylic acids is 1. The topological polar surface area (TPSA) is 106 Å². The van der Waals surface area contributed by atoms with E-state index in [-0.39, 0.29) is 11.3 Å². The lowest BCUT2D eigenvalue weighted by Gasteiger charge is -2.35. The summed E-state index contributed by atoms with van der Waals surface area (Å²) < 4.78 is 13.7. The first-order valence-electron chi connectivity index (χ1n) is 8.09. The van der Waals surface area contributed by atoms with Gasteiger partial charge in [0.25, 0.3) is 11.6 Å². The molecule has 0 unspecified atom stereocenters. The van der Waals surface area contributed by atoms with Gasteiger partial charge in [0.15, 0.2) is 0 Å². The lowest BCUT2D eigenvalue weighted by molar-refractivity contribution is -0.384. The maximum atomic E-state index is 13.7. The van der Waals surface area contributed by atoms with Crippen LogP contribution in [0.1, 0.15) is 15.9 Å². The van der Waals surface area contributed by atoms with Crippen LogP contribution in [0, 0.1) is 15.9 Å². The molecule has 2 heterocycles. The number of amides is 1. The number of anilines is 1. The summed E-state index contributed by atoms with van der Waals surface area (Å²) in [7, 11) is 0. The van der Waals surface area contributed by atoms with Gasteiger partial charge in [0, 0.05) is 45.1 Å². The van der Waals surface area contributed by atoms with Gasteiger partial charge in [-0.2, -0.15) is 0 Å². The molecular formula is C17H18FN5O3. The number of rotatable bonds is 4. The quantitative estimate of drug-likeness (QED) is 0.506. The maximum Gasteiger partial charge on any atom is 0.295 e. The van der Waals surface area contributed by atoms with Crippen LogP contribution in [-0.2, 0) is 6.54 Å². The molecule has 1 aliphatic heterocycles. The van der Waals surface area contributed by atoms with E-state index >= 15 is 0 Å². The van der Waals surface area contributed by atoms with E-state index in [2.05, 4.69) is 9.88 Å². The first kappa shape index (κ1) is 17.7. The van der Waals surface area contributed by atoms with Crippen molar-refractivity contribution < 1.29 is 14.1 Å². The van der Waals surface area contributed by atoms with Crippen molar-refractivity contribution in [3.63, 3.8) is 0 Å². The number of piperazine rings is 1. The molecule has 136 valence electrons. The molecule has 1 fully saturated rings. The molecule has 1 aliphatic rings. The van der Waals surface area contributed by atoms with Gasteiger partial charge in [0.1, 0.15) is 11.5 Å². The summed E-state index contributed by atoms with van der Waals surface area (Å²) in [5.41, 5.74) is 5.78. The predicted molar refractivity (Wildman–Crippen MR) is 92.9 cm³/mol. The Morgan fingerprint density at radius 2 is 1.88 bits per heavy atom. The minimum atomic E-state index is -0.856. The Labute approximate surface area is 149 Å². The number of halogens is 1. The number of benzene rings is 1. The third kappa shape index (κ3) is 3.77. The van der Waals surface area contributed by atoms with Crippen molar-refractivity contribution in [2.45, 2.75) is 6.54 Å². The van der Waals surface area contributed by atoms with Gasteiger partial charge in [-0.1, -0.05) is 0 Å². The fourth-order valence-corrected chi connectivity index (χ4v) is 2.96. The number of nitrogens with zero attached hydrogens (tertiary/aromatic N) is 4. The van der Waals surface area contributed by atoms with Crippen molar-refractivity contribution in [2.24, 2.45) is 0 Å². The maximum absolute atomic E-state index is 13.7. The number of pyridine rings is 1. The Kier molecular flexibility index (Phi) is 5.08. The number of nitro benzene ring substituents is 1. The number of aromatic nitrogens is 1. The van der Waals surface area contributed by atoms with Gasteiger partial charge in [-0.15, -0.1) is 0 Å². The van der Waals surface area contributed by atoms with Crippen LogP contribution in [0.15, 0.2) is 36.7 Å². The molecular weight excluding hydrogens is 341 g/mol. The fourth-order valence-electron chi connectivity index (χ4n) is 2.96. The van der Waals surface area contributed by atoms with E-state index in [4.69, 9.17) is 5.73 Å². The normalized spacial score (nSPS) is 15.0. The number of nitrogens with two attached hydrogens (primary N) is 1. The number of nitro groups is 1. The van der Waals surface area contributed by atoms with E-state index in [0.717, 1.165) is 24.2 Å². The van der Waals surface area contributed by atoms with Crippen molar-refractivity contribution in [1.82, 2.24) is 14.8 Å². The number of carbonyl (C=O) groups is 1. The van der Waals surface area contributed by atoms with Crippen molar-refractivity contribution >= 4 is 17.3 Å². The van der Waals surface area contributed by atoms with Gasteiger partial charge in [-0.05, 0) is 23.8 Å². The summed E-state index contributed by atoms with van der Waals surface area (Å²) in [5, 5.41) is 11.0. The highest BCUT2D eigenvalue weighted by molar-refractivity contribution is 6.01. The van der Waals surface area contributed by atoms with Crippen molar-refractivity contribution in [3.05, 3.63) is 63.7 Å². The molecule has 0 spiro atoms. The van der Waals surface area contributed by atoms with Crippen LogP contribution in [-0.4, -0.2) is 51.8 Å². The van der Waals surface area contributed by atoms with Gasteiger partial charge >= 0.3 is 0 Å². The number of hydrogen-bond donors (Lipinski definition) is 1. The third-order valence-electron chi connectivity index (χ3n) is 4.37. The molecule has 0 aliphatic carbocycles. The Morgan fingerprint density at radius 3 is 2.50 bits per heavy atom. The molecule has 8 nitrogen and oxygen atoms in total. The largest absolute Gasteiger partial charge is 0.393 e. The Bertz CT molecular complexity index is 823. The smallest absolute Gasteiger partial charge is 0.295 e. The van der Waals surface area contributed by atoms with Crippen LogP contribution in [0.2, 0.25) is 0 Å². The summed E-state index contributed by atoms with van der Waals surface area (Å²) in [6, 6.07) is 5.54. The average Bonchev–Trinajstić information content (AvgIpc) is 2.64. The summed E-state index contributed by atoms with van der Waals surface area (Å²) in [5.74, 6) is -1.35. The zero-order valence-electron chi connectivity index (χ0n) is 14.0. The standard InChI is InChI=1S/C17H18FN5O3/c18-13-9-14(16(19)15(10-13)23(25)26)17(24)22-7-5-21(6-8-22)11-12-1-3-20-4-2-12/h1-4,9-10H,5-8,11,19H2. The van der Waals surface area contributed by atoms with Gasteiger partial charge in [0.05, 0.1) is 16.6 Å². The molecule has 1 aromatic heterocycles. The van der Waals surface area contributed by atoms with E-state index in [1.165, 1.54) is 4.90 Å². The molecule has 26 heavy (non-hydrogen) atoms. The molecule has 2 N–H and O–H groups in total. The molecule has 2 aromatic rings. The molecule has 1 amide bonds. The predicted octanol–water partition coefficient (Wildman–Crippen LogP) is 1.67. The Hall–Kier alpha value is -3.07. The van der Waals surface area contributed by atoms with Gasteiger partial charge < -0.3 is 10.6 Å². The highest BCUT2D eigenvalue weighted by Crippen LogP contribution is 2.28. The second kappa shape index (κ2) is 7.44. The van der Waals surface area contributed by atoms with Crippen LogP contribution in [0.4, 0.5) is 15.8 Å². The SMILES string of the molecule is Nc1c(C(=O)N2CCN(Cc3ccncc3)CC2)cc(F)cc1[N+](=O)[O-]. The third-order valence-corrected chi connectivity index (χ3v) is 4.37. The summed E-state index contributed by atoms with van der Waals surface area (Å²) in [4.78, 5) is 30.5. The van der Waals surface area contributed by atoms with Crippen LogP contribution in [0.5, 0.6) is 0 Å². The van der Waals surface area contributed by atoms with Gasteiger partial charge in [-0.3, -0.25) is 24.8 Å². The summed E-state index contributed by atoms with van der Waals surface area (Å²) in [6.07, 6.45) is 3.46. The Balaban J connectivity index is 1.68. The van der Waals surface area contributed by atoms with Crippen molar-refractivity contribution in [1.29, 1.82) is 0 Å². The van der Waals surface area contributed by atoms with Crippen LogP contribution < -0.4 is 5.73 Å². The average molecular weight is 359 g/mol. The van der Waals surface area contributed by atoms with Crippen molar-refractivity contribution in [2.75, 3.05) is 31.9 Å². The summed E-state index contributed by atoms with van der Waals surface area (Å²) in [6.45, 7) is 2.91. The highest BCUT2D eigenvalue weighted by Gasteiger charge is 2.27. The monoisotopic (exact) mass is 359 g/mol. The molecule has 1 aromatic carbocycles. The van der Waals surface area contributed by atoms with E-state index in [1.807, 2.05) is 12.1 Å². The zero-order chi connectivity index (χ0) is 18.7. The second-order valence-electron chi connectivity index (χ2n) is 6.07. The molecule has 9 heteroatoms. The minimum Gasteiger partial charge on any atom is -0.393 e. The van der Waals surface area contributed by atoms with E-state index < -0.39 is 22.3 Å². The number of hydrogen-bond acceptors (Lipinski definition) is 6. The molecule has 0 bridgehead atoms. The molecule has 0 radical (unpaired) electrons. The lowest BCUT2D eigenvalue weighted by Crippen LogP contribution is -2.48. The number of nitrogen functional groups attached to an aromatic ring is 1. The van der Waals surface area contributed by atoms with Crippen LogP contribution in [0.25, 0.3) is 0 Å². The minimum absolute atomic E-state index is 0.167. The molecule has 1 saturated heterocycles. The highest BCUT2D eigenvalue weighted by atomic mass is 19.1. The molecule has 3 rings (SSSR count). The molecule has 0 atom stereocenters. The van der Waals surface area contributed by atoms with Gasteiger partial charge in [0.2, 0.25) is 0 Å².